The number of anilines is 1. The van der Waals surface area contributed by atoms with Crippen LogP contribution in [0.15, 0.2) is 66.7 Å². The van der Waals surface area contributed by atoms with Crippen LogP contribution in [0.4, 0.5) is 20.2 Å². The van der Waals surface area contributed by atoms with Gasteiger partial charge in [-0.05, 0) is 48.0 Å². The van der Waals surface area contributed by atoms with Gasteiger partial charge in [-0.1, -0.05) is 12.1 Å². The number of rotatable bonds is 7. The lowest BCUT2D eigenvalue weighted by Gasteiger charge is -2.14. The minimum absolute atomic E-state index is 0.0523. The summed E-state index contributed by atoms with van der Waals surface area (Å²) in [5.74, 6) is 0.0364. The molecule has 0 unspecified atom stereocenters. The number of nitro groups is 1. The van der Waals surface area contributed by atoms with Crippen molar-refractivity contribution in [3.63, 3.8) is 0 Å². The van der Waals surface area contributed by atoms with E-state index >= 15 is 0 Å². The Hall–Kier alpha value is -4.01. The Morgan fingerprint density at radius 2 is 1.70 bits per heavy atom. The van der Waals surface area contributed by atoms with Gasteiger partial charge in [0.1, 0.15) is 11.5 Å². The van der Waals surface area contributed by atoms with Crippen molar-refractivity contribution in [2.24, 2.45) is 0 Å². The highest BCUT2D eigenvalue weighted by molar-refractivity contribution is 6.04. The van der Waals surface area contributed by atoms with Crippen LogP contribution in [0, 0.1) is 10.1 Å². The van der Waals surface area contributed by atoms with E-state index in [1.54, 1.807) is 24.3 Å². The molecule has 0 aliphatic carbocycles. The number of alkyl halides is 2. The Morgan fingerprint density at radius 3 is 2.27 bits per heavy atom. The minimum atomic E-state index is -3.01. The second kappa shape index (κ2) is 8.99. The number of methoxy groups -OCH3 is 1. The van der Waals surface area contributed by atoms with E-state index in [2.05, 4.69) is 10.1 Å². The standard InChI is InChI=1S/C21H16F2N2O5/c1-29-17-9-4-13(5-10-17)18-12-15(6-11-19(18)30-21(22)23)24-20(26)14-2-7-16(8-3-14)25(27)28/h2-12,21H,1H3,(H,24,26). The van der Waals surface area contributed by atoms with Crippen molar-refractivity contribution in [2.45, 2.75) is 6.61 Å². The first-order valence-corrected chi connectivity index (χ1v) is 8.66. The van der Waals surface area contributed by atoms with Gasteiger partial charge < -0.3 is 14.8 Å². The van der Waals surface area contributed by atoms with Gasteiger partial charge >= 0.3 is 6.61 Å². The van der Waals surface area contributed by atoms with Crippen molar-refractivity contribution in [3.8, 4) is 22.6 Å². The molecule has 0 saturated carbocycles. The molecule has 1 amide bonds. The molecule has 154 valence electrons. The lowest BCUT2D eigenvalue weighted by atomic mass is 10.0. The van der Waals surface area contributed by atoms with Gasteiger partial charge in [-0.2, -0.15) is 8.78 Å². The lowest BCUT2D eigenvalue weighted by molar-refractivity contribution is -0.384. The molecule has 9 heteroatoms. The summed E-state index contributed by atoms with van der Waals surface area (Å²) in [6.07, 6.45) is 0. The highest BCUT2D eigenvalue weighted by Crippen LogP contribution is 2.34. The zero-order valence-electron chi connectivity index (χ0n) is 15.7. The molecule has 0 bridgehead atoms. The third-order valence-electron chi connectivity index (χ3n) is 4.19. The van der Waals surface area contributed by atoms with Crippen molar-refractivity contribution < 1.29 is 28.0 Å². The van der Waals surface area contributed by atoms with Crippen LogP contribution in [0.5, 0.6) is 11.5 Å². The van der Waals surface area contributed by atoms with Crippen molar-refractivity contribution in [3.05, 3.63) is 82.4 Å². The second-order valence-corrected chi connectivity index (χ2v) is 6.08. The third kappa shape index (κ3) is 4.88. The van der Waals surface area contributed by atoms with Gasteiger partial charge in [0, 0.05) is 28.9 Å². The molecule has 0 aliphatic heterocycles. The molecular weight excluding hydrogens is 398 g/mol. The maximum absolute atomic E-state index is 12.8. The maximum Gasteiger partial charge on any atom is 0.387 e. The SMILES string of the molecule is COc1ccc(-c2cc(NC(=O)c3ccc([N+](=O)[O-])cc3)ccc2OC(F)F)cc1. The number of nitro benzene ring substituents is 1. The number of hydrogen-bond donors (Lipinski definition) is 1. The van der Waals surface area contributed by atoms with E-state index in [1.165, 1.54) is 49.6 Å². The number of non-ortho nitro benzene ring substituents is 1. The predicted octanol–water partition coefficient (Wildman–Crippen LogP) is 5.12. The summed E-state index contributed by atoms with van der Waals surface area (Å²) in [6, 6.07) is 16.0. The Bertz CT molecular complexity index is 1050. The van der Waals surface area contributed by atoms with Gasteiger partial charge in [-0.25, -0.2) is 0 Å². The minimum Gasteiger partial charge on any atom is -0.497 e. The van der Waals surface area contributed by atoms with Crippen molar-refractivity contribution in [2.75, 3.05) is 12.4 Å². The molecule has 0 spiro atoms. The third-order valence-corrected chi connectivity index (χ3v) is 4.19. The first-order valence-electron chi connectivity index (χ1n) is 8.66. The summed E-state index contributed by atoms with van der Waals surface area (Å²) in [7, 11) is 1.51. The van der Waals surface area contributed by atoms with Gasteiger partial charge in [-0.3, -0.25) is 14.9 Å². The normalized spacial score (nSPS) is 10.5. The number of benzene rings is 3. The first kappa shape index (κ1) is 20.7. The van der Waals surface area contributed by atoms with Crippen molar-refractivity contribution in [1.29, 1.82) is 0 Å². The highest BCUT2D eigenvalue weighted by atomic mass is 19.3. The number of nitrogens with one attached hydrogen (secondary N) is 1. The summed E-state index contributed by atoms with van der Waals surface area (Å²) < 4.78 is 35.3. The second-order valence-electron chi connectivity index (χ2n) is 6.08. The quantitative estimate of drug-likeness (QED) is 0.428. The van der Waals surface area contributed by atoms with E-state index in [9.17, 15) is 23.7 Å². The molecule has 3 rings (SSSR count). The van der Waals surface area contributed by atoms with Gasteiger partial charge in [-0.15, -0.1) is 0 Å². The molecule has 0 aromatic heterocycles. The first-order chi connectivity index (χ1) is 14.4. The monoisotopic (exact) mass is 414 g/mol. The Balaban J connectivity index is 1.89. The Kier molecular flexibility index (Phi) is 6.21. The molecule has 7 nitrogen and oxygen atoms in total. The summed E-state index contributed by atoms with van der Waals surface area (Å²) in [5.41, 5.74) is 1.34. The van der Waals surface area contributed by atoms with Crippen LogP contribution in [0.1, 0.15) is 10.4 Å². The smallest absolute Gasteiger partial charge is 0.387 e. The fourth-order valence-electron chi connectivity index (χ4n) is 2.74. The average molecular weight is 414 g/mol. The van der Waals surface area contributed by atoms with Gasteiger partial charge in [0.05, 0.1) is 12.0 Å². The Morgan fingerprint density at radius 1 is 1.03 bits per heavy atom. The molecule has 0 saturated heterocycles. The van der Waals surface area contributed by atoms with E-state index in [0.717, 1.165) is 0 Å². The molecule has 3 aromatic rings. The summed E-state index contributed by atoms with van der Waals surface area (Å²) in [6.45, 7) is -3.01. The Labute approximate surface area is 170 Å². The number of halogens is 2. The number of ether oxygens (including phenoxy) is 2. The summed E-state index contributed by atoms with van der Waals surface area (Å²) >= 11 is 0. The molecular formula is C21H16F2N2O5. The number of carbonyl (C=O) groups is 1. The van der Waals surface area contributed by atoms with Crippen LogP contribution in [0.25, 0.3) is 11.1 Å². The molecule has 0 heterocycles. The zero-order chi connectivity index (χ0) is 21.7. The average Bonchev–Trinajstić information content (AvgIpc) is 2.74. The van der Waals surface area contributed by atoms with Crippen LogP contribution < -0.4 is 14.8 Å². The zero-order valence-corrected chi connectivity index (χ0v) is 15.7. The highest BCUT2D eigenvalue weighted by Gasteiger charge is 2.15. The molecule has 0 radical (unpaired) electrons. The number of carbonyl (C=O) groups excluding carboxylic acids is 1. The van der Waals surface area contributed by atoms with Crippen LogP contribution in [-0.2, 0) is 0 Å². The molecule has 0 atom stereocenters. The van der Waals surface area contributed by atoms with E-state index in [4.69, 9.17) is 4.74 Å². The van der Waals surface area contributed by atoms with Crippen LogP contribution in [0.3, 0.4) is 0 Å². The van der Waals surface area contributed by atoms with Crippen LogP contribution in [0.2, 0.25) is 0 Å². The van der Waals surface area contributed by atoms with E-state index in [1.807, 2.05) is 0 Å². The number of hydrogen-bond acceptors (Lipinski definition) is 5. The largest absolute Gasteiger partial charge is 0.497 e. The molecule has 0 fully saturated rings. The van der Waals surface area contributed by atoms with E-state index < -0.39 is 17.4 Å². The fraction of sp³-hybridized carbons (Fsp3) is 0.0952. The molecule has 1 N–H and O–H groups in total. The van der Waals surface area contributed by atoms with E-state index in [-0.39, 0.29) is 17.0 Å². The predicted molar refractivity (Wildman–Crippen MR) is 106 cm³/mol. The van der Waals surface area contributed by atoms with Gasteiger partial charge in [0.2, 0.25) is 0 Å². The van der Waals surface area contributed by atoms with Gasteiger partial charge in [0.25, 0.3) is 11.6 Å². The van der Waals surface area contributed by atoms with E-state index in [0.29, 0.717) is 22.6 Å². The summed E-state index contributed by atoms with van der Waals surface area (Å²) in [5, 5.41) is 13.4. The number of amides is 1. The van der Waals surface area contributed by atoms with Crippen LogP contribution in [-0.4, -0.2) is 24.6 Å². The van der Waals surface area contributed by atoms with Crippen molar-refractivity contribution in [1.82, 2.24) is 0 Å². The fourth-order valence-corrected chi connectivity index (χ4v) is 2.74. The molecule has 0 aliphatic rings. The van der Waals surface area contributed by atoms with Gasteiger partial charge in [0.15, 0.2) is 0 Å². The topological polar surface area (TPSA) is 90.7 Å². The lowest BCUT2D eigenvalue weighted by Crippen LogP contribution is -2.12. The van der Waals surface area contributed by atoms with Crippen molar-refractivity contribution >= 4 is 17.3 Å². The molecule has 3 aromatic carbocycles. The molecule has 30 heavy (non-hydrogen) atoms. The summed E-state index contributed by atoms with van der Waals surface area (Å²) in [4.78, 5) is 22.6. The van der Waals surface area contributed by atoms with Crippen LogP contribution >= 0.6 is 0 Å². The maximum atomic E-state index is 12.8. The number of nitrogens with zero attached hydrogens (tertiary/aromatic N) is 1.